The van der Waals surface area contributed by atoms with Crippen LogP contribution in [0.25, 0.3) is 0 Å². The number of phosphoric acid groups is 1. The molecule has 2 fully saturated rings. The SMILES string of the molecule is CCOP(=O)([O-])OC[C@]1(CCP(=O)([O-])OC[C@H]2O[C@@H](n3ccc(N)nc3=O)[C@H](O)[C@@H]2O)C[C@H](O)[C@@H](NC(C)=O)[C@H]([C@H](O)[C@H](O)CO)O1.[Na+].[Na+]. The molecule has 0 bridgehead atoms. The average Bonchev–Trinajstić information content (AvgIpc) is 3.27. The third-order valence-electron chi connectivity index (χ3n) is 7.54. The van der Waals surface area contributed by atoms with Crippen LogP contribution in [0, 0.1) is 0 Å². The van der Waals surface area contributed by atoms with Crippen LogP contribution in [-0.2, 0) is 37.0 Å². The van der Waals surface area contributed by atoms with Crippen LogP contribution in [0.4, 0.5) is 5.82 Å². The van der Waals surface area contributed by atoms with E-state index in [0.29, 0.717) is 0 Å². The van der Waals surface area contributed by atoms with Crippen LogP contribution in [0.2, 0.25) is 0 Å². The Kier molecular flexibility index (Phi) is 19.2. The number of nitrogens with zero attached hydrogens (tertiary/aromatic N) is 2. The van der Waals surface area contributed by atoms with E-state index in [4.69, 9.17) is 24.3 Å². The summed E-state index contributed by atoms with van der Waals surface area (Å²) in [7, 11) is -9.93. The van der Waals surface area contributed by atoms with Crippen LogP contribution >= 0.6 is 15.4 Å². The van der Waals surface area contributed by atoms with Crippen molar-refractivity contribution in [1.82, 2.24) is 14.9 Å². The molecule has 0 aromatic carbocycles. The second-order valence-electron chi connectivity index (χ2n) is 11.1. The normalized spacial score (nSPS) is 32.1. The summed E-state index contributed by atoms with van der Waals surface area (Å²) < 4.78 is 51.9. The van der Waals surface area contributed by atoms with Crippen molar-refractivity contribution in [3.8, 4) is 0 Å². The van der Waals surface area contributed by atoms with E-state index in [9.17, 15) is 59.1 Å². The van der Waals surface area contributed by atoms with Crippen molar-refractivity contribution < 1.29 is 137 Å². The largest absolute Gasteiger partial charge is 1.00 e. The Balaban J connectivity index is 0.00000600. The van der Waals surface area contributed by atoms with Crippen LogP contribution in [0.3, 0.4) is 0 Å². The second-order valence-corrected chi connectivity index (χ2v) is 14.4. The number of nitrogens with two attached hydrogens (primary N) is 1. The van der Waals surface area contributed by atoms with E-state index in [-0.39, 0.29) is 71.5 Å². The van der Waals surface area contributed by atoms with Crippen LogP contribution in [-0.4, -0.2) is 133 Å². The monoisotopic (exact) mass is 764 g/mol. The van der Waals surface area contributed by atoms with Gasteiger partial charge in [0.05, 0.1) is 44.2 Å². The standard InChI is InChI=1S/C24H42N4O17P2.2Na/c1-3-41-47(39,40)43-11-24(8-13(31)17(26-12(2)30)21(45-24)18(33)14(32)9-29)5-7-46(37,38)42-10-15-19(34)20(35)22(44-15)28-6-4-16(25)27-23(28)36;;/h4,6,13-15,17-22,29,31-35H,3,5,7-11H2,1-2H3,(H,26,30)(H,37,38)(H,39,40)(H2,25,27,36);;/q;2*+1/p-2/t13-,14+,15+,17+,18+,19+,20+,21+,22+,24-;;/m0../s1. The molecule has 1 aromatic heterocycles. The van der Waals surface area contributed by atoms with Gasteiger partial charge in [-0.2, -0.15) is 4.98 Å². The number of carbonyl (C=O) groups excluding carboxylic acids is 1. The Labute approximate surface area is 324 Å². The number of phosphoric ester groups is 1. The van der Waals surface area contributed by atoms with E-state index < -0.39 is 126 Å². The van der Waals surface area contributed by atoms with Gasteiger partial charge in [-0.05, 0) is 19.4 Å². The minimum atomic E-state index is -4.99. The maximum atomic E-state index is 13.0. The van der Waals surface area contributed by atoms with E-state index in [2.05, 4.69) is 14.8 Å². The van der Waals surface area contributed by atoms with E-state index in [1.807, 2.05) is 0 Å². The summed E-state index contributed by atoms with van der Waals surface area (Å²) in [5.74, 6) is -0.799. The van der Waals surface area contributed by atoms with E-state index in [1.54, 1.807) is 0 Å². The Morgan fingerprint density at radius 1 is 1.20 bits per heavy atom. The zero-order chi connectivity index (χ0) is 35.3. The molecule has 1 aromatic rings. The Hall–Kier alpha value is 0.0900. The van der Waals surface area contributed by atoms with Gasteiger partial charge < -0.3 is 79.1 Å². The number of nitrogen functional groups attached to an aromatic ring is 1. The fourth-order valence-electron chi connectivity index (χ4n) is 5.19. The number of nitrogens with one attached hydrogen (secondary N) is 1. The molecule has 25 heteroatoms. The number of anilines is 1. The molecule has 9 N–H and O–H groups in total. The number of hydrogen-bond acceptors (Lipinski definition) is 19. The summed E-state index contributed by atoms with van der Waals surface area (Å²) in [6.45, 7) is -0.656. The summed E-state index contributed by atoms with van der Waals surface area (Å²) in [4.78, 5) is 52.7. The van der Waals surface area contributed by atoms with Gasteiger partial charge in [0.1, 0.15) is 50.0 Å². The summed E-state index contributed by atoms with van der Waals surface area (Å²) in [6, 6.07) is -0.169. The van der Waals surface area contributed by atoms with Gasteiger partial charge in [-0.25, -0.2) is 4.79 Å². The zero-order valence-electron chi connectivity index (χ0n) is 27.3. The molecule has 2 saturated heterocycles. The first-order valence-corrected chi connectivity index (χ1v) is 17.5. The predicted octanol–water partition coefficient (Wildman–Crippen LogP) is -11.0. The van der Waals surface area contributed by atoms with Crippen molar-refractivity contribution in [2.75, 3.05) is 38.3 Å². The van der Waals surface area contributed by atoms with Crippen molar-refractivity contribution >= 4 is 27.1 Å². The molecule has 21 nitrogen and oxygen atoms in total. The van der Waals surface area contributed by atoms with Gasteiger partial charge in [-0.1, -0.05) is 0 Å². The van der Waals surface area contributed by atoms with Gasteiger partial charge in [0.15, 0.2) is 6.23 Å². The van der Waals surface area contributed by atoms with Crippen molar-refractivity contribution in [3.63, 3.8) is 0 Å². The number of ether oxygens (including phenoxy) is 2. The molecule has 49 heavy (non-hydrogen) atoms. The summed E-state index contributed by atoms with van der Waals surface area (Å²) in [5, 5.41) is 64.3. The van der Waals surface area contributed by atoms with E-state index >= 15 is 0 Å². The Morgan fingerprint density at radius 3 is 2.43 bits per heavy atom. The maximum Gasteiger partial charge on any atom is 1.00 e. The van der Waals surface area contributed by atoms with Gasteiger partial charge in [0, 0.05) is 25.7 Å². The maximum absolute atomic E-state index is 13.0. The van der Waals surface area contributed by atoms with Gasteiger partial charge in [0.25, 0.3) is 7.82 Å². The number of rotatable bonds is 16. The van der Waals surface area contributed by atoms with Crippen LogP contribution in [0.5, 0.6) is 0 Å². The second kappa shape index (κ2) is 20.0. The van der Waals surface area contributed by atoms with Crippen molar-refractivity contribution in [2.24, 2.45) is 0 Å². The molecule has 2 aliphatic heterocycles. The van der Waals surface area contributed by atoms with Crippen molar-refractivity contribution in [2.45, 2.75) is 87.3 Å². The molecule has 0 spiro atoms. The number of amides is 1. The van der Waals surface area contributed by atoms with Gasteiger partial charge in [-0.15, -0.1) is 0 Å². The molecule has 3 rings (SSSR count). The van der Waals surface area contributed by atoms with Gasteiger partial charge in [-0.3, -0.25) is 13.9 Å². The number of carbonyl (C=O) groups is 1. The summed E-state index contributed by atoms with van der Waals surface area (Å²) in [5.41, 5.74) is 2.50. The zero-order valence-corrected chi connectivity index (χ0v) is 33.1. The average molecular weight is 765 g/mol. The molecule has 2 aliphatic rings. The quantitative estimate of drug-likeness (QED) is 0.0572. The van der Waals surface area contributed by atoms with Crippen LogP contribution in [0.15, 0.2) is 17.1 Å². The third-order valence-corrected chi connectivity index (χ3v) is 9.87. The molecule has 0 saturated carbocycles. The molecule has 12 atom stereocenters. The van der Waals surface area contributed by atoms with Crippen molar-refractivity contribution in [3.05, 3.63) is 22.7 Å². The first-order chi connectivity index (χ1) is 21.8. The van der Waals surface area contributed by atoms with Crippen LogP contribution in [0.1, 0.15) is 32.9 Å². The molecule has 1 amide bonds. The molecular formula is C24H40N4Na2O17P2. The number of aliphatic hydroxyl groups is 6. The molecule has 0 radical (unpaired) electrons. The number of aromatic nitrogens is 2. The minimum absolute atomic E-state index is 0. The fraction of sp³-hybridized carbons (Fsp3) is 0.792. The fourth-order valence-corrected chi connectivity index (χ4v) is 7.15. The Morgan fingerprint density at radius 2 is 1.86 bits per heavy atom. The van der Waals surface area contributed by atoms with E-state index in [1.165, 1.54) is 13.0 Å². The number of hydrogen-bond donors (Lipinski definition) is 8. The third kappa shape index (κ3) is 12.9. The van der Waals surface area contributed by atoms with Crippen LogP contribution < -0.4 is 85.6 Å². The first-order valence-electron chi connectivity index (χ1n) is 14.3. The minimum Gasteiger partial charge on any atom is -0.778 e. The molecule has 270 valence electrons. The number of aliphatic hydroxyl groups excluding tert-OH is 6. The van der Waals surface area contributed by atoms with E-state index in [0.717, 1.165) is 17.7 Å². The summed E-state index contributed by atoms with van der Waals surface area (Å²) >= 11 is 0. The van der Waals surface area contributed by atoms with Gasteiger partial charge in [0.2, 0.25) is 5.91 Å². The topological polar surface area (TPSA) is 338 Å². The molecule has 0 aliphatic carbocycles. The Bertz CT molecular complexity index is 1380. The van der Waals surface area contributed by atoms with Gasteiger partial charge >= 0.3 is 64.8 Å². The molecule has 2 unspecified atom stereocenters. The predicted molar refractivity (Wildman–Crippen MR) is 152 cm³/mol. The first kappa shape index (κ1) is 47.1. The van der Waals surface area contributed by atoms with Crippen molar-refractivity contribution in [1.29, 1.82) is 0 Å². The summed E-state index contributed by atoms with van der Waals surface area (Å²) in [6.07, 6.45) is -14.5. The smallest absolute Gasteiger partial charge is 0.778 e. The molecule has 3 heterocycles. The molecular weight excluding hydrogens is 724 g/mol.